The van der Waals surface area contributed by atoms with Crippen LogP contribution in [0.1, 0.15) is 44.1 Å². The second-order valence-electron chi connectivity index (χ2n) is 9.87. The van der Waals surface area contributed by atoms with E-state index < -0.39 is 0 Å². The minimum Gasteiger partial charge on any atom is -0.309 e. The van der Waals surface area contributed by atoms with Crippen LogP contribution in [0.5, 0.6) is 0 Å². The van der Waals surface area contributed by atoms with Gasteiger partial charge in [0.05, 0.1) is 0 Å². The van der Waals surface area contributed by atoms with E-state index in [4.69, 9.17) is 0 Å². The average molecular weight is 475 g/mol. The highest BCUT2D eigenvalue weighted by Crippen LogP contribution is 2.37. The highest BCUT2D eigenvalue weighted by molar-refractivity contribution is 6.99. The van der Waals surface area contributed by atoms with E-state index in [9.17, 15) is 13.2 Å². The van der Waals surface area contributed by atoms with E-state index in [0.717, 1.165) is 47.8 Å². The lowest BCUT2D eigenvalue weighted by Crippen LogP contribution is -2.44. The van der Waals surface area contributed by atoms with Gasteiger partial charge in [-0.3, -0.25) is 0 Å². The van der Waals surface area contributed by atoms with Gasteiger partial charge < -0.3 is 4.90 Å². The minimum atomic E-state index is -0.293. The van der Waals surface area contributed by atoms with Crippen molar-refractivity contribution in [3.8, 4) is 0 Å². The molecular weight excluding hydrogens is 442 g/mol. The molecule has 3 aromatic carbocycles. The first-order valence-corrected chi connectivity index (χ1v) is 12.6. The van der Waals surface area contributed by atoms with Crippen LogP contribution in [0.15, 0.2) is 78.4 Å². The van der Waals surface area contributed by atoms with Crippen LogP contribution in [0, 0.1) is 23.4 Å². The fourth-order valence-corrected chi connectivity index (χ4v) is 5.36. The smallest absolute Gasteiger partial charge is 0.241 e. The van der Waals surface area contributed by atoms with Crippen LogP contribution in [0.2, 0.25) is 0 Å². The lowest BCUT2D eigenvalue weighted by molar-refractivity contribution is 0.368. The molecule has 35 heavy (non-hydrogen) atoms. The van der Waals surface area contributed by atoms with E-state index in [2.05, 4.69) is 19.0 Å². The van der Waals surface area contributed by atoms with Crippen LogP contribution < -0.4 is 10.9 Å². The summed E-state index contributed by atoms with van der Waals surface area (Å²) in [5.74, 6) is -0.425. The van der Waals surface area contributed by atoms with Gasteiger partial charge in [-0.25, -0.2) is 13.2 Å². The Morgan fingerprint density at radius 1 is 0.714 bits per heavy atom. The van der Waals surface area contributed by atoms with Gasteiger partial charge in [0.1, 0.15) is 17.5 Å². The van der Waals surface area contributed by atoms with Crippen LogP contribution in [-0.4, -0.2) is 32.3 Å². The Hall–Kier alpha value is -2.79. The number of hydrogen-bond acceptors (Lipinski definition) is 1. The molecule has 1 nitrogen and oxygen atoms in total. The van der Waals surface area contributed by atoms with Crippen LogP contribution >= 0.6 is 0 Å². The summed E-state index contributed by atoms with van der Waals surface area (Å²) in [5.41, 5.74) is 5.36. The molecule has 0 spiro atoms. The highest BCUT2D eigenvalue weighted by Gasteiger charge is 2.31. The molecule has 0 radical (unpaired) electrons. The van der Waals surface area contributed by atoms with Crippen LogP contribution in [0.3, 0.4) is 0 Å². The summed E-state index contributed by atoms with van der Waals surface area (Å²) < 4.78 is 41.8. The van der Waals surface area contributed by atoms with Crippen molar-refractivity contribution in [3.05, 3.63) is 101 Å². The van der Waals surface area contributed by atoms with E-state index in [-0.39, 0.29) is 24.2 Å². The fraction of sp³-hybridized carbons (Fsp3) is 0.333. The van der Waals surface area contributed by atoms with Gasteiger partial charge in [0.15, 0.2) is 0 Å². The summed E-state index contributed by atoms with van der Waals surface area (Å²) in [6.45, 7) is 0.677. The van der Waals surface area contributed by atoms with Crippen molar-refractivity contribution in [2.75, 3.05) is 20.6 Å². The second kappa shape index (κ2) is 11.8. The molecule has 3 aromatic rings. The van der Waals surface area contributed by atoms with Crippen molar-refractivity contribution < 1.29 is 13.2 Å². The quantitative estimate of drug-likeness (QED) is 0.349. The van der Waals surface area contributed by atoms with Crippen LogP contribution in [0.4, 0.5) is 13.2 Å². The molecule has 0 N–H and O–H groups in total. The monoisotopic (exact) mass is 475 g/mol. The van der Waals surface area contributed by atoms with E-state index in [0.29, 0.717) is 5.92 Å². The number of hydrogen-bond donors (Lipinski definition) is 0. The molecule has 0 bridgehead atoms. The molecule has 182 valence electrons. The van der Waals surface area contributed by atoms with Crippen molar-refractivity contribution in [3.63, 3.8) is 0 Å². The zero-order chi connectivity index (χ0) is 24.8. The second-order valence-corrected chi connectivity index (χ2v) is 9.87. The van der Waals surface area contributed by atoms with E-state index in [1.807, 2.05) is 36.4 Å². The average Bonchev–Trinajstić information content (AvgIpc) is 2.86. The Labute approximate surface area is 207 Å². The van der Waals surface area contributed by atoms with Gasteiger partial charge in [0.2, 0.25) is 6.71 Å². The molecule has 5 heteroatoms. The summed E-state index contributed by atoms with van der Waals surface area (Å²) >= 11 is 0. The predicted molar refractivity (Wildman–Crippen MR) is 141 cm³/mol. The Bertz CT molecular complexity index is 1070. The molecule has 0 aliphatic heterocycles. The molecule has 1 fully saturated rings. The maximum atomic E-state index is 14.0. The SMILES string of the molecule is CN(C)CC/C(=C(\B(c1ccc(F)cc1)c1ccc(F)cc1)c1ccc(F)cc1)C1CCCCC1. The summed E-state index contributed by atoms with van der Waals surface area (Å²) in [5, 5.41) is 0. The van der Waals surface area contributed by atoms with Gasteiger partial charge in [0.25, 0.3) is 0 Å². The van der Waals surface area contributed by atoms with Crippen molar-refractivity contribution in [2.24, 2.45) is 5.92 Å². The Kier molecular flexibility index (Phi) is 8.51. The largest absolute Gasteiger partial charge is 0.309 e. The van der Waals surface area contributed by atoms with Crippen molar-refractivity contribution in [1.82, 2.24) is 4.90 Å². The first-order chi connectivity index (χ1) is 16.9. The van der Waals surface area contributed by atoms with Crippen LogP contribution in [0.25, 0.3) is 5.47 Å². The normalized spacial score (nSPS) is 15.3. The third kappa shape index (κ3) is 6.46. The Balaban J connectivity index is 1.98. The number of rotatable bonds is 8. The molecular formula is C30H33BF3N. The molecule has 0 atom stereocenters. The number of halogens is 3. The van der Waals surface area contributed by atoms with Gasteiger partial charge in [-0.2, -0.15) is 0 Å². The summed E-state index contributed by atoms with van der Waals surface area (Å²) in [7, 11) is 4.15. The third-order valence-corrected chi connectivity index (χ3v) is 7.12. The molecule has 0 aromatic heterocycles. The first-order valence-electron chi connectivity index (χ1n) is 12.6. The van der Waals surface area contributed by atoms with Crippen molar-refractivity contribution in [2.45, 2.75) is 38.5 Å². The molecule has 1 aliphatic carbocycles. The number of benzene rings is 3. The summed E-state index contributed by atoms with van der Waals surface area (Å²) in [6, 6.07) is 19.9. The molecule has 0 unspecified atom stereocenters. The molecule has 0 amide bonds. The molecule has 0 saturated heterocycles. The zero-order valence-corrected chi connectivity index (χ0v) is 20.6. The summed E-state index contributed by atoms with van der Waals surface area (Å²) in [4.78, 5) is 2.19. The lowest BCUT2D eigenvalue weighted by atomic mass is 9.34. The minimum absolute atomic E-state index is 0.222. The zero-order valence-electron chi connectivity index (χ0n) is 20.6. The van der Waals surface area contributed by atoms with Crippen molar-refractivity contribution >= 4 is 23.1 Å². The third-order valence-electron chi connectivity index (χ3n) is 7.12. The maximum absolute atomic E-state index is 14.0. The molecule has 0 heterocycles. The van der Waals surface area contributed by atoms with Gasteiger partial charge in [-0.1, -0.05) is 77.6 Å². The van der Waals surface area contributed by atoms with Gasteiger partial charge >= 0.3 is 0 Å². The van der Waals surface area contributed by atoms with Crippen molar-refractivity contribution in [1.29, 1.82) is 0 Å². The van der Waals surface area contributed by atoms with Crippen LogP contribution in [-0.2, 0) is 0 Å². The summed E-state index contributed by atoms with van der Waals surface area (Å²) in [6.07, 6.45) is 6.81. The molecule has 4 rings (SSSR count). The van der Waals surface area contributed by atoms with Gasteiger partial charge in [0, 0.05) is 6.54 Å². The maximum Gasteiger partial charge on any atom is 0.241 e. The van der Waals surface area contributed by atoms with E-state index >= 15 is 0 Å². The Morgan fingerprint density at radius 3 is 1.63 bits per heavy atom. The van der Waals surface area contributed by atoms with E-state index in [1.165, 1.54) is 61.2 Å². The topological polar surface area (TPSA) is 3.24 Å². The number of nitrogens with zero attached hydrogens (tertiary/aromatic N) is 1. The first kappa shape index (κ1) is 25.3. The predicted octanol–water partition coefficient (Wildman–Crippen LogP) is 6.24. The lowest BCUT2D eigenvalue weighted by Gasteiger charge is -2.31. The molecule has 1 aliphatic rings. The highest BCUT2D eigenvalue weighted by atomic mass is 19.1. The Morgan fingerprint density at radius 2 is 1.17 bits per heavy atom. The van der Waals surface area contributed by atoms with Gasteiger partial charge in [-0.15, -0.1) is 0 Å². The van der Waals surface area contributed by atoms with Gasteiger partial charge in [-0.05, 0) is 81.2 Å². The molecule has 1 saturated carbocycles. The fourth-order valence-electron chi connectivity index (χ4n) is 5.36. The standard InChI is InChI=1S/C30H33BF3N/c1-35(2)21-20-29(22-6-4-3-5-7-22)30(23-8-14-26(32)15-9-23)31(24-10-16-27(33)17-11-24)25-12-18-28(34)19-13-25/h8-19,22H,3-7,20-21H2,1-2H3/b30-29+. The van der Waals surface area contributed by atoms with E-state index in [1.54, 1.807) is 0 Å².